The first-order chi connectivity index (χ1) is 9.95. The van der Waals surface area contributed by atoms with Crippen LogP contribution in [-0.4, -0.2) is 50.1 Å². The lowest BCUT2D eigenvalue weighted by atomic mass is 10.3. The number of rotatable bonds is 8. The van der Waals surface area contributed by atoms with E-state index in [9.17, 15) is 13.2 Å². The molecular weight excluding hydrogens is 296 g/mol. The summed E-state index contributed by atoms with van der Waals surface area (Å²) in [5.41, 5.74) is 1.44. The molecule has 0 aliphatic heterocycles. The summed E-state index contributed by atoms with van der Waals surface area (Å²) in [4.78, 5) is 11.4. The molecule has 1 aromatic rings. The molecule has 1 unspecified atom stereocenters. The lowest BCUT2D eigenvalue weighted by Crippen LogP contribution is -2.43. The van der Waals surface area contributed by atoms with Crippen LogP contribution in [0.3, 0.4) is 0 Å². The van der Waals surface area contributed by atoms with Gasteiger partial charge in [-0.05, 0) is 18.6 Å². The zero-order valence-corrected chi connectivity index (χ0v) is 12.8. The maximum Gasteiger partial charge on any atom is 0.258 e. The molecule has 0 bridgehead atoms. The molecule has 0 aromatic heterocycles. The van der Waals surface area contributed by atoms with E-state index < -0.39 is 22.5 Å². The van der Waals surface area contributed by atoms with Gasteiger partial charge in [-0.15, -0.1) is 0 Å². The predicted octanol–water partition coefficient (Wildman–Crippen LogP) is 0.608. The summed E-state index contributed by atoms with van der Waals surface area (Å²) in [6.45, 7) is 1.40. The van der Waals surface area contributed by atoms with Crippen molar-refractivity contribution in [3.63, 3.8) is 0 Å². The lowest BCUT2D eigenvalue weighted by molar-refractivity contribution is -0.129. The van der Waals surface area contributed by atoms with Gasteiger partial charge in [-0.1, -0.05) is 25.1 Å². The molecule has 0 radical (unpaired) electrons. The van der Waals surface area contributed by atoms with Crippen molar-refractivity contribution in [1.29, 1.82) is 0 Å². The van der Waals surface area contributed by atoms with E-state index >= 15 is 0 Å². The third-order valence-electron chi connectivity index (χ3n) is 3.02. The molecule has 0 saturated carbocycles. The topological polar surface area (TPSA) is 95.9 Å². The SMILES string of the molecule is CCC(CN(CC(=O)NO)S(=O)(=O)c1ccccc1)OC. The number of nitrogens with one attached hydrogen (secondary N) is 1. The zero-order valence-electron chi connectivity index (χ0n) is 12.0. The largest absolute Gasteiger partial charge is 0.380 e. The number of hydroxylamine groups is 1. The Morgan fingerprint density at radius 3 is 2.48 bits per heavy atom. The Morgan fingerprint density at radius 2 is 2.00 bits per heavy atom. The van der Waals surface area contributed by atoms with E-state index in [1.165, 1.54) is 24.7 Å². The van der Waals surface area contributed by atoms with Crippen molar-refractivity contribution in [3.05, 3.63) is 30.3 Å². The van der Waals surface area contributed by atoms with Crippen LogP contribution in [-0.2, 0) is 19.6 Å². The molecule has 0 fully saturated rings. The fourth-order valence-electron chi connectivity index (χ4n) is 1.78. The summed E-state index contributed by atoms with van der Waals surface area (Å²) >= 11 is 0. The summed E-state index contributed by atoms with van der Waals surface area (Å²) in [6, 6.07) is 7.81. The van der Waals surface area contributed by atoms with Gasteiger partial charge in [0.15, 0.2) is 0 Å². The molecule has 0 aliphatic rings. The van der Waals surface area contributed by atoms with E-state index in [1.807, 2.05) is 6.92 Å². The molecule has 1 amide bonds. The number of carbonyl (C=O) groups excluding carboxylic acids is 1. The van der Waals surface area contributed by atoms with E-state index in [0.29, 0.717) is 6.42 Å². The summed E-state index contributed by atoms with van der Waals surface area (Å²) < 4.78 is 31.3. The Morgan fingerprint density at radius 1 is 1.38 bits per heavy atom. The third-order valence-corrected chi connectivity index (χ3v) is 4.85. The fourth-order valence-corrected chi connectivity index (χ4v) is 3.23. The molecule has 7 nitrogen and oxygen atoms in total. The summed E-state index contributed by atoms with van der Waals surface area (Å²) in [7, 11) is -2.36. The Kier molecular flexibility index (Phi) is 6.76. The monoisotopic (exact) mass is 316 g/mol. The maximum absolute atomic E-state index is 12.6. The van der Waals surface area contributed by atoms with Gasteiger partial charge in [0.2, 0.25) is 10.0 Å². The quantitative estimate of drug-likeness (QED) is 0.541. The van der Waals surface area contributed by atoms with Crippen LogP contribution in [0, 0.1) is 0 Å². The minimum atomic E-state index is -3.84. The lowest BCUT2D eigenvalue weighted by Gasteiger charge is -2.25. The average Bonchev–Trinajstić information content (AvgIpc) is 2.51. The molecule has 0 heterocycles. The summed E-state index contributed by atoms with van der Waals surface area (Å²) in [5, 5.41) is 8.62. The van der Waals surface area contributed by atoms with Crippen LogP contribution < -0.4 is 5.48 Å². The number of hydrogen-bond acceptors (Lipinski definition) is 5. The van der Waals surface area contributed by atoms with Gasteiger partial charge in [-0.25, -0.2) is 13.9 Å². The highest BCUT2D eigenvalue weighted by Crippen LogP contribution is 2.16. The Labute approximate surface area is 124 Å². The highest BCUT2D eigenvalue weighted by atomic mass is 32.2. The van der Waals surface area contributed by atoms with E-state index in [-0.39, 0.29) is 17.5 Å². The first kappa shape index (κ1) is 17.6. The van der Waals surface area contributed by atoms with Gasteiger partial charge in [0.1, 0.15) is 0 Å². The average molecular weight is 316 g/mol. The van der Waals surface area contributed by atoms with Crippen molar-refractivity contribution in [1.82, 2.24) is 9.79 Å². The smallest absolute Gasteiger partial charge is 0.258 e. The predicted molar refractivity (Wildman–Crippen MR) is 76.2 cm³/mol. The van der Waals surface area contributed by atoms with Gasteiger partial charge in [0.25, 0.3) is 5.91 Å². The maximum atomic E-state index is 12.6. The third kappa shape index (κ3) is 4.78. The van der Waals surface area contributed by atoms with Crippen LogP contribution in [0.15, 0.2) is 35.2 Å². The number of nitrogens with zero attached hydrogens (tertiary/aromatic N) is 1. The van der Waals surface area contributed by atoms with Crippen LogP contribution >= 0.6 is 0 Å². The van der Waals surface area contributed by atoms with Gasteiger partial charge in [0, 0.05) is 13.7 Å². The number of methoxy groups -OCH3 is 1. The summed E-state index contributed by atoms with van der Waals surface area (Å²) in [6.07, 6.45) is 0.257. The number of benzene rings is 1. The molecular formula is C13H20N2O5S. The molecule has 118 valence electrons. The number of ether oxygens (including phenoxy) is 1. The number of sulfonamides is 1. The molecule has 8 heteroatoms. The van der Waals surface area contributed by atoms with Gasteiger partial charge in [-0.2, -0.15) is 4.31 Å². The Bertz CT molecular complexity index is 543. The van der Waals surface area contributed by atoms with Gasteiger partial charge >= 0.3 is 0 Å². The minimum absolute atomic E-state index is 0.0254. The fraction of sp³-hybridized carbons (Fsp3) is 0.462. The Balaban J connectivity index is 3.07. The van der Waals surface area contributed by atoms with E-state index in [1.54, 1.807) is 18.2 Å². The van der Waals surface area contributed by atoms with Crippen LogP contribution in [0.5, 0.6) is 0 Å². The number of amides is 1. The molecule has 2 N–H and O–H groups in total. The second-order valence-electron chi connectivity index (χ2n) is 4.41. The highest BCUT2D eigenvalue weighted by molar-refractivity contribution is 7.89. The van der Waals surface area contributed by atoms with Crippen molar-refractivity contribution in [2.45, 2.75) is 24.3 Å². The van der Waals surface area contributed by atoms with Crippen molar-refractivity contribution in [3.8, 4) is 0 Å². The van der Waals surface area contributed by atoms with E-state index in [2.05, 4.69) is 0 Å². The van der Waals surface area contributed by atoms with Crippen molar-refractivity contribution in [2.24, 2.45) is 0 Å². The van der Waals surface area contributed by atoms with Crippen LogP contribution in [0.25, 0.3) is 0 Å². The van der Waals surface area contributed by atoms with Crippen molar-refractivity contribution >= 4 is 15.9 Å². The van der Waals surface area contributed by atoms with Crippen LogP contribution in [0.1, 0.15) is 13.3 Å². The molecule has 1 rings (SSSR count). The Hall–Kier alpha value is -1.48. The van der Waals surface area contributed by atoms with E-state index in [4.69, 9.17) is 9.94 Å². The van der Waals surface area contributed by atoms with Crippen molar-refractivity contribution in [2.75, 3.05) is 20.2 Å². The van der Waals surface area contributed by atoms with Gasteiger partial charge in [-0.3, -0.25) is 10.0 Å². The summed E-state index contributed by atoms with van der Waals surface area (Å²) in [5.74, 6) is -0.805. The number of hydrogen-bond donors (Lipinski definition) is 2. The van der Waals surface area contributed by atoms with Crippen LogP contribution in [0.2, 0.25) is 0 Å². The first-order valence-corrected chi connectivity index (χ1v) is 7.90. The van der Waals surface area contributed by atoms with Gasteiger partial charge < -0.3 is 4.74 Å². The first-order valence-electron chi connectivity index (χ1n) is 6.46. The van der Waals surface area contributed by atoms with Crippen LogP contribution in [0.4, 0.5) is 0 Å². The normalized spacial score (nSPS) is 13.1. The van der Waals surface area contributed by atoms with Gasteiger partial charge in [0.05, 0.1) is 17.5 Å². The second kappa shape index (κ2) is 8.08. The number of carbonyl (C=O) groups is 1. The van der Waals surface area contributed by atoms with Crippen molar-refractivity contribution < 1.29 is 23.2 Å². The van der Waals surface area contributed by atoms with E-state index in [0.717, 1.165) is 4.31 Å². The molecule has 1 atom stereocenters. The minimum Gasteiger partial charge on any atom is -0.380 e. The molecule has 1 aromatic carbocycles. The highest BCUT2D eigenvalue weighted by Gasteiger charge is 2.28. The molecule has 0 spiro atoms. The zero-order chi connectivity index (χ0) is 15.9. The molecule has 21 heavy (non-hydrogen) atoms. The molecule has 0 saturated heterocycles. The standard InChI is InChI=1S/C13H20N2O5S/c1-3-11(20-2)9-15(10-13(16)14-17)21(18,19)12-7-5-4-6-8-12/h4-8,11,17H,3,9-10H2,1-2H3,(H,14,16). The molecule has 0 aliphatic carbocycles. The second-order valence-corrected chi connectivity index (χ2v) is 6.35.